The summed E-state index contributed by atoms with van der Waals surface area (Å²) in [6.45, 7) is 4.53. The van der Waals surface area contributed by atoms with E-state index in [0.29, 0.717) is 19.6 Å². The Hall–Kier alpha value is -1.10. The van der Waals surface area contributed by atoms with Gasteiger partial charge in [-0.2, -0.15) is 0 Å². The number of ether oxygens (including phenoxy) is 2. The Labute approximate surface area is 102 Å². The van der Waals surface area contributed by atoms with E-state index in [-0.39, 0.29) is 18.8 Å². The second-order valence-electron chi connectivity index (χ2n) is 3.80. The lowest BCUT2D eigenvalue weighted by atomic mass is 10.1. The van der Waals surface area contributed by atoms with E-state index >= 15 is 0 Å². The third-order valence-electron chi connectivity index (χ3n) is 2.05. The lowest BCUT2D eigenvalue weighted by Gasteiger charge is -2.09. The molecular formula is C12H22O5. The fourth-order valence-electron chi connectivity index (χ4n) is 1.14. The summed E-state index contributed by atoms with van der Waals surface area (Å²) >= 11 is 0. The first kappa shape index (κ1) is 15.9. The molecule has 1 unspecified atom stereocenters. The van der Waals surface area contributed by atoms with Crippen molar-refractivity contribution in [1.29, 1.82) is 0 Å². The summed E-state index contributed by atoms with van der Waals surface area (Å²) in [6, 6.07) is 0. The zero-order chi connectivity index (χ0) is 13.1. The van der Waals surface area contributed by atoms with Gasteiger partial charge in [-0.05, 0) is 25.7 Å². The van der Waals surface area contributed by atoms with Crippen molar-refractivity contribution in [1.82, 2.24) is 0 Å². The number of rotatable bonds is 9. The van der Waals surface area contributed by atoms with Crippen LogP contribution < -0.4 is 0 Å². The molecule has 17 heavy (non-hydrogen) atoms. The summed E-state index contributed by atoms with van der Waals surface area (Å²) in [7, 11) is 0. The third kappa shape index (κ3) is 8.68. The normalized spacial score (nSPS) is 11.9. The lowest BCUT2D eigenvalue weighted by Crippen LogP contribution is -2.23. The van der Waals surface area contributed by atoms with E-state index in [1.807, 2.05) is 13.8 Å². The van der Waals surface area contributed by atoms with Gasteiger partial charge in [0.05, 0.1) is 13.2 Å². The van der Waals surface area contributed by atoms with Crippen LogP contribution in [0.5, 0.6) is 0 Å². The van der Waals surface area contributed by atoms with Crippen LogP contribution in [0.4, 0.5) is 0 Å². The molecular weight excluding hydrogens is 224 g/mol. The number of carbonyl (C=O) groups excluding carboxylic acids is 2. The van der Waals surface area contributed by atoms with Crippen molar-refractivity contribution in [2.75, 3.05) is 13.2 Å². The molecule has 1 atom stereocenters. The monoisotopic (exact) mass is 246 g/mol. The Balaban J connectivity index is 3.59. The van der Waals surface area contributed by atoms with Gasteiger partial charge in [-0.25, -0.2) is 4.79 Å². The van der Waals surface area contributed by atoms with Gasteiger partial charge in [0.25, 0.3) is 0 Å². The molecule has 5 nitrogen and oxygen atoms in total. The average molecular weight is 246 g/mol. The summed E-state index contributed by atoms with van der Waals surface area (Å²) in [5.41, 5.74) is 0. The molecule has 0 spiro atoms. The number of hydrogen-bond donors (Lipinski definition) is 1. The molecule has 0 fully saturated rings. The summed E-state index contributed by atoms with van der Waals surface area (Å²) < 4.78 is 9.63. The number of hydrogen-bond acceptors (Lipinski definition) is 5. The second kappa shape index (κ2) is 10.1. The van der Waals surface area contributed by atoms with E-state index in [0.717, 1.165) is 12.8 Å². The van der Waals surface area contributed by atoms with Gasteiger partial charge in [-0.15, -0.1) is 0 Å². The Bertz CT molecular complexity index is 227. The SMILES string of the molecule is CCCOC(=O)CCCC(O)C(=O)OCCC. The molecule has 0 aromatic carbocycles. The van der Waals surface area contributed by atoms with Gasteiger partial charge in [0.1, 0.15) is 0 Å². The zero-order valence-electron chi connectivity index (χ0n) is 10.6. The van der Waals surface area contributed by atoms with Gasteiger partial charge in [-0.3, -0.25) is 4.79 Å². The Morgan fingerprint density at radius 2 is 1.71 bits per heavy atom. The van der Waals surface area contributed by atoms with E-state index in [2.05, 4.69) is 0 Å². The fourth-order valence-corrected chi connectivity index (χ4v) is 1.14. The second-order valence-corrected chi connectivity index (χ2v) is 3.80. The van der Waals surface area contributed by atoms with Gasteiger partial charge >= 0.3 is 11.9 Å². The number of carbonyl (C=O) groups is 2. The minimum Gasteiger partial charge on any atom is -0.466 e. The van der Waals surface area contributed by atoms with Crippen LogP contribution in [0.3, 0.4) is 0 Å². The molecule has 1 N–H and O–H groups in total. The van der Waals surface area contributed by atoms with Crippen molar-refractivity contribution in [3.63, 3.8) is 0 Å². The first-order chi connectivity index (χ1) is 8.11. The molecule has 0 bridgehead atoms. The van der Waals surface area contributed by atoms with Crippen LogP contribution in [0, 0.1) is 0 Å². The molecule has 0 amide bonds. The van der Waals surface area contributed by atoms with E-state index in [1.54, 1.807) is 0 Å². The molecule has 0 saturated heterocycles. The molecule has 0 aromatic rings. The maximum absolute atomic E-state index is 11.2. The highest BCUT2D eigenvalue weighted by Crippen LogP contribution is 2.04. The van der Waals surface area contributed by atoms with Crippen molar-refractivity contribution < 1.29 is 24.2 Å². The number of aliphatic hydroxyl groups excluding tert-OH is 1. The summed E-state index contributed by atoms with van der Waals surface area (Å²) in [5.74, 6) is -0.908. The van der Waals surface area contributed by atoms with Crippen molar-refractivity contribution in [2.24, 2.45) is 0 Å². The quantitative estimate of drug-likeness (QED) is 0.623. The Morgan fingerprint density at radius 1 is 1.12 bits per heavy atom. The van der Waals surface area contributed by atoms with E-state index in [9.17, 15) is 14.7 Å². The summed E-state index contributed by atoms with van der Waals surface area (Å²) in [4.78, 5) is 22.3. The van der Waals surface area contributed by atoms with E-state index in [1.165, 1.54) is 0 Å². The number of esters is 2. The maximum Gasteiger partial charge on any atom is 0.334 e. The molecule has 0 rings (SSSR count). The lowest BCUT2D eigenvalue weighted by molar-refractivity contribution is -0.154. The van der Waals surface area contributed by atoms with Crippen LogP contribution in [0.2, 0.25) is 0 Å². The van der Waals surface area contributed by atoms with Crippen LogP contribution in [0.25, 0.3) is 0 Å². The highest BCUT2D eigenvalue weighted by atomic mass is 16.5. The zero-order valence-corrected chi connectivity index (χ0v) is 10.6. The predicted molar refractivity (Wildman–Crippen MR) is 62.4 cm³/mol. The molecule has 0 heterocycles. The van der Waals surface area contributed by atoms with Crippen molar-refractivity contribution in [3.8, 4) is 0 Å². The predicted octanol–water partition coefficient (Wildman–Crippen LogP) is 1.42. The summed E-state index contributed by atoms with van der Waals surface area (Å²) in [6.07, 6.45) is 1.24. The van der Waals surface area contributed by atoms with Crippen LogP contribution in [0.1, 0.15) is 46.0 Å². The molecule has 0 aromatic heterocycles. The van der Waals surface area contributed by atoms with Gasteiger partial charge in [0, 0.05) is 6.42 Å². The van der Waals surface area contributed by atoms with Crippen LogP contribution >= 0.6 is 0 Å². The van der Waals surface area contributed by atoms with Crippen molar-refractivity contribution in [3.05, 3.63) is 0 Å². The van der Waals surface area contributed by atoms with E-state index in [4.69, 9.17) is 9.47 Å². The first-order valence-corrected chi connectivity index (χ1v) is 6.12. The fraction of sp³-hybridized carbons (Fsp3) is 0.833. The topological polar surface area (TPSA) is 72.8 Å². The van der Waals surface area contributed by atoms with E-state index < -0.39 is 12.1 Å². The molecule has 0 aliphatic rings. The maximum atomic E-state index is 11.2. The molecule has 0 radical (unpaired) electrons. The van der Waals surface area contributed by atoms with Crippen LogP contribution in [-0.2, 0) is 19.1 Å². The highest BCUT2D eigenvalue weighted by molar-refractivity contribution is 5.74. The standard InChI is InChI=1S/C12H22O5/c1-3-8-16-11(14)7-5-6-10(13)12(15)17-9-4-2/h10,13H,3-9H2,1-2H3. The molecule has 5 heteroatoms. The summed E-state index contributed by atoms with van der Waals surface area (Å²) in [5, 5.41) is 9.41. The Morgan fingerprint density at radius 3 is 2.29 bits per heavy atom. The minimum absolute atomic E-state index is 0.220. The third-order valence-corrected chi connectivity index (χ3v) is 2.05. The van der Waals surface area contributed by atoms with Gasteiger partial charge in [0.2, 0.25) is 0 Å². The Kier molecular flexibility index (Phi) is 9.43. The van der Waals surface area contributed by atoms with Crippen molar-refractivity contribution in [2.45, 2.75) is 52.1 Å². The van der Waals surface area contributed by atoms with Gasteiger partial charge in [-0.1, -0.05) is 13.8 Å². The minimum atomic E-state index is -1.14. The van der Waals surface area contributed by atoms with Gasteiger partial charge in [0.15, 0.2) is 6.10 Å². The van der Waals surface area contributed by atoms with Gasteiger partial charge < -0.3 is 14.6 Å². The smallest absolute Gasteiger partial charge is 0.334 e. The molecule has 0 aliphatic heterocycles. The number of aliphatic hydroxyl groups is 1. The molecule has 0 aliphatic carbocycles. The highest BCUT2D eigenvalue weighted by Gasteiger charge is 2.16. The van der Waals surface area contributed by atoms with Crippen LogP contribution in [0.15, 0.2) is 0 Å². The molecule has 100 valence electrons. The average Bonchev–Trinajstić information content (AvgIpc) is 2.33. The first-order valence-electron chi connectivity index (χ1n) is 6.12. The largest absolute Gasteiger partial charge is 0.466 e. The van der Waals surface area contributed by atoms with Crippen LogP contribution in [-0.4, -0.2) is 36.4 Å². The molecule has 0 saturated carbocycles. The van der Waals surface area contributed by atoms with Crippen molar-refractivity contribution >= 4 is 11.9 Å².